The summed E-state index contributed by atoms with van der Waals surface area (Å²) in [5, 5.41) is 10.3. The van der Waals surface area contributed by atoms with Gasteiger partial charge in [-0.2, -0.15) is 5.10 Å². The second kappa shape index (κ2) is 8.93. The maximum atomic E-state index is 12.0. The van der Waals surface area contributed by atoms with Crippen LogP contribution in [0.15, 0.2) is 48.8 Å². The number of amides is 1. The highest BCUT2D eigenvalue weighted by molar-refractivity contribution is 5.76. The fourth-order valence-corrected chi connectivity index (χ4v) is 2.77. The number of aryl methyl sites for hydroxylation is 3. The van der Waals surface area contributed by atoms with Crippen LogP contribution in [0.4, 0.5) is 5.82 Å². The summed E-state index contributed by atoms with van der Waals surface area (Å²) in [6.45, 7) is 5.02. The first-order valence-corrected chi connectivity index (χ1v) is 9.02. The topological polar surface area (TPSA) is 84.7 Å². The molecule has 0 bridgehead atoms. The predicted molar refractivity (Wildman–Crippen MR) is 105 cm³/mol. The maximum absolute atomic E-state index is 12.0. The normalized spacial score (nSPS) is 10.6. The summed E-state index contributed by atoms with van der Waals surface area (Å²) in [6.07, 6.45) is 4.77. The first-order chi connectivity index (χ1) is 13.1. The van der Waals surface area contributed by atoms with Crippen molar-refractivity contribution in [2.24, 2.45) is 0 Å². The van der Waals surface area contributed by atoms with Crippen molar-refractivity contribution >= 4 is 11.7 Å². The van der Waals surface area contributed by atoms with Crippen molar-refractivity contribution in [3.05, 3.63) is 65.7 Å². The van der Waals surface area contributed by atoms with Crippen LogP contribution in [0.2, 0.25) is 0 Å². The van der Waals surface area contributed by atoms with Crippen LogP contribution in [0.25, 0.3) is 5.82 Å². The van der Waals surface area contributed by atoms with Crippen LogP contribution in [0.1, 0.15) is 23.4 Å². The van der Waals surface area contributed by atoms with Crippen LogP contribution in [0, 0.1) is 13.8 Å². The molecule has 27 heavy (non-hydrogen) atoms. The zero-order valence-corrected chi connectivity index (χ0v) is 15.6. The average molecular weight is 364 g/mol. The molecule has 0 atom stereocenters. The van der Waals surface area contributed by atoms with Gasteiger partial charge in [-0.25, -0.2) is 14.6 Å². The monoisotopic (exact) mass is 364 g/mol. The van der Waals surface area contributed by atoms with Crippen LogP contribution >= 0.6 is 0 Å². The molecule has 3 aromatic rings. The van der Waals surface area contributed by atoms with Crippen molar-refractivity contribution in [2.45, 2.75) is 26.7 Å². The lowest BCUT2D eigenvalue weighted by atomic mass is 10.1. The van der Waals surface area contributed by atoms with Gasteiger partial charge in [-0.1, -0.05) is 29.8 Å². The Balaban J connectivity index is 1.43. The number of anilines is 1. The number of rotatable bonds is 8. The fourth-order valence-electron chi connectivity index (χ4n) is 2.77. The van der Waals surface area contributed by atoms with Crippen molar-refractivity contribution in [1.29, 1.82) is 0 Å². The highest BCUT2D eigenvalue weighted by Gasteiger charge is 2.05. The molecule has 0 aliphatic rings. The Morgan fingerprint density at radius 1 is 1.11 bits per heavy atom. The molecule has 0 saturated heterocycles. The first-order valence-electron chi connectivity index (χ1n) is 9.02. The predicted octanol–water partition coefficient (Wildman–Crippen LogP) is 2.44. The van der Waals surface area contributed by atoms with Gasteiger partial charge in [-0.3, -0.25) is 4.79 Å². The van der Waals surface area contributed by atoms with Crippen LogP contribution in [0.3, 0.4) is 0 Å². The van der Waals surface area contributed by atoms with Crippen LogP contribution in [0.5, 0.6) is 0 Å². The molecule has 2 heterocycles. The summed E-state index contributed by atoms with van der Waals surface area (Å²) in [4.78, 5) is 20.7. The van der Waals surface area contributed by atoms with Gasteiger partial charge in [0.05, 0.1) is 0 Å². The quantitative estimate of drug-likeness (QED) is 0.600. The fraction of sp³-hybridized carbons (Fsp3) is 0.300. The van der Waals surface area contributed by atoms with E-state index in [1.807, 2.05) is 31.3 Å². The zero-order chi connectivity index (χ0) is 19.1. The minimum Gasteiger partial charge on any atom is -0.368 e. The number of benzene rings is 1. The molecule has 1 amide bonds. The molecule has 0 radical (unpaired) electrons. The van der Waals surface area contributed by atoms with E-state index in [0.717, 1.165) is 6.42 Å². The molecule has 0 saturated carbocycles. The number of carbonyl (C=O) groups is 1. The van der Waals surface area contributed by atoms with Crippen molar-refractivity contribution in [2.75, 3.05) is 18.4 Å². The highest BCUT2D eigenvalue weighted by Crippen LogP contribution is 2.10. The summed E-state index contributed by atoms with van der Waals surface area (Å²) >= 11 is 0. The third kappa shape index (κ3) is 5.64. The lowest BCUT2D eigenvalue weighted by Gasteiger charge is -2.10. The standard InChI is InChI=1S/C20H24N6O/c1-15-5-3-6-17(13-15)7-8-20(27)22-11-10-21-18-14-19(25-16(2)24-18)26-12-4-9-23-26/h3-6,9,12-14H,7-8,10-11H2,1-2H3,(H,22,27)(H,21,24,25). The third-order valence-corrected chi connectivity index (χ3v) is 4.04. The largest absolute Gasteiger partial charge is 0.368 e. The van der Waals surface area contributed by atoms with Gasteiger partial charge < -0.3 is 10.6 Å². The Hall–Kier alpha value is -3.22. The Morgan fingerprint density at radius 3 is 2.78 bits per heavy atom. The van der Waals surface area contributed by atoms with E-state index in [0.29, 0.717) is 37.0 Å². The van der Waals surface area contributed by atoms with Crippen molar-refractivity contribution < 1.29 is 4.79 Å². The molecule has 2 N–H and O–H groups in total. The van der Waals surface area contributed by atoms with Gasteiger partial charge in [0.15, 0.2) is 5.82 Å². The molecule has 7 nitrogen and oxygen atoms in total. The zero-order valence-electron chi connectivity index (χ0n) is 15.6. The van der Waals surface area contributed by atoms with E-state index < -0.39 is 0 Å². The number of carbonyl (C=O) groups excluding carboxylic acids is 1. The van der Waals surface area contributed by atoms with Crippen molar-refractivity contribution in [1.82, 2.24) is 25.1 Å². The number of hydrogen-bond acceptors (Lipinski definition) is 5. The van der Waals surface area contributed by atoms with Crippen LogP contribution < -0.4 is 10.6 Å². The maximum Gasteiger partial charge on any atom is 0.220 e. The van der Waals surface area contributed by atoms with E-state index in [2.05, 4.69) is 50.8 Å². The third-order valence-electron chi connectivity index (χ3n) is 4.04. The first kappa shape index (κ1) is 18.6. The van der Waals surface area contributed by atoms with E-state index in [9.17, 15) is 4.79 Å². The minimum atomic E-state index is 0.0504. The van der Waals surface area contributed by atoms with Gasteiger partial charge in [0.25, 0.3) is 0 Å². The second-order valence-corrected chi connectivity index (χ2v) is 6.38. The Bertz CT molecular complexity index is 891. The van der Waals surface area contributed by atoms with E-state index in [-0.39, 0.29) is 5.91 Å². The molecule has 0 spiro atoms. The molecule has 0 unspecified atom stereocenters. The molecule has 0 fully saturated rings. The van der Waals surface area contributed by atoms with Gasteiger partial charge in [0, 0.05) is 38.0 Å². The lowest BCUT2D eigenvalue weighted by Crippen LogP contribution is -2.29. The van der Waals surface area contributed by atoms with E-state index >= 15 is 0 Å². The highest BCUT2D eigenvalue weighted by atomic mass is 16.1. The molecule has 1 aromatic carbocycles. The van der Waals surface area contributed by atoms with Gasteiger partial charge in [-0.15, -0.1) is 0 Å². The molecule has 3 rings (SSSR count). The number of nitrogens with one attached hydrogen (secondary N) is 2. The Morgan fingerprint density at radius 2 is 2.00 bits per heavy atom. The number of nitrogens with zero attached hydrogens (tertiary/aromatic N) is 4. The molecule has 7 heteroatoms. The Labute approximate surface area is 158 Å². The summed E-state index contributed by atoms with van der Waals surface area (Å²) < 4.78 is 1.69. The number of hydrogen-bond donors (Lipinski definition) is 2. The van der Waals surface area contributed by atoms with Gasteiger partial charge in [0.1, 0.15) is 11.6 Å². The molecular formula is C20H24N6O. The second-order valence-electron chi connectivity index (χ2n) is 6.38. The number of aromatic nitrogens is 4. The smallest absolute Gasteiger partial charge is 0.220 e. The molecular weight excluding hydrogens is 340 g/mol. The van der Waals surface area contributed by atoms with Crippen LogP contribution in [-0.4, -0.2) is 38.7 Å². The van der Waals surface area contributed by atoms with E-state index in [4.69, 9.17) is 0 Å². The van der Waals surface area contributed by atoms with E-state index in [1.165, 1.54) is 11.1 Å². The Kier molecular flexibility index (Phi) is 6.14. The summed E-state index contributed by atoms with van der Waals surface area (Å²) in [5.41, 5.74) is 2.40. The average Bonchev–Trinajstić information content (AvgIpc) is 3.18. The van der Waals surface area contributed by atoms with E-state index in [1.54, 1.807) is 10.9 Å². The molecule has 2 aromatic heterocycles. The van der Waals surface area contributed by atoms with Crippen molar-refractivity contribution in [3.8, 4) is 5.82 Å². The molecule has 140 valence electrons. The summed E-state index contributed by atoms with van der Waals surface area (Å²) in [6, 6.07) is 11.9. The molecule has 0 aliphatic carbocycles. The van der Waals surface area contributed by atoms with Crippen molar-refractivity contribution in [3.63, 3.8) is 0 Å². The molecule has 0 aliphatic heterocycles. The van der Waals surface area contributed by atoms with Gasteiger partial charge in [0.2, 0.25) is 5.91 Å². The van der Waals surface area contributed by atoms with Gasteiger partial charge in [-0.05, 0) is 31.9 Å². The lowest BCUT2D eigenvalue weighted by molar-refractivity contribution is -0.120. The summed E-state index contributed by atoms with van der Waals surface area (Å²) in [5.74, 6) is 2.13. The van der Waals surface area contributed by atoms with Crippen LogP contribution in [-0.2, 0) is 11.2 Å². The minimum absolute atomic E-state index is 0.0504. The van der Waals surface area contributed by atoms with Gasteiger partial charge >= 0.3 is 0 Å². The summed E-state index contributed by atoms with van der Waals surface area (Å²) in [7, 11) is 0. The SMILES string of the molecule is Cc1cccc(CCC(=O)NCCNc2cc(-n3cccn3)nc(C)n2)c1.